The second-order valence-electron chi connectivity index (χ2n) is 5.38. The summed E-state index contributed by atoms with van der Waals surface area (Å²) in [5.74, 6) is -1.67. The Kier molecular flexibility index (Phi) is 5.71. The number of carbonyl (C=O) groups is 2. The minimum Gasteiger partial charge on any atom is -0.481 e. The molecule has 2 aromatic carbocycles. The highest BCUT2D eigenvalue weighted by Gasteiger charge is 2.22. The van der Waals surface area contributed by atoms with Gasteiger partial charge in [0.15, 0.2) is 0 Å². The minimum absolute atomic E-state index is 0.124. The number of nitrogens with zero attached hydrogens (tertiary/aromatic N) is 1. The van der Waals surface area contributed by atoms with Crippen LogP contribution >= 0.6 is 11.6 Å². The van der Waals surface area contributed by atoms with Gasteiger partial charge in [-0.15, -0.1) is 0 Å². The molecule has 0 saturated heterocycles. The number of nitro groups is 1. The van der Waals surface area contributed by atoms with Gasteiger partial charge in [0, 0.05) is 22.2 Å². The number of rotatable bonds is 6. The molecule has 0 radical (unpaired) electrons. The molecule has 2 aromatic rings. The number of carboxylic acids is 1. The van der Waals surface area contributed by atoms with Gasteiger partial charge in [0.1, 0.15) is 0 Å². The molecule has 2 N–H and O–H groups in total. The van der Waals surface area contributed by atoms with Gasteiger partial charge in [0.05, 0.1) is 17.4 Å². The molecule has 130 valence electrons. The summed E-state index contributed by atoms with van der Waals surface area (Å²) >= 11 is 5.82. The van der Waals surface area contributed by atoms with Crippen LogP contribution < -0.4 is 5.32 Å². The van der Waals surface area contributed by atoms with E-state index in [2.05, 4.69) is 5.32 Å². The van der Waals surface area contributed by atoms with E-state index in [4.69, 9.17) is 16.7 Å². The molecule has 8 heteroatoms. The molecule has 0 aromatic heterocycles. The van der Waals surface area contributed by atoms with Gasteiger partial charge < -0.3 is 10.4 Å². The normalized spacial score (nSPS) is 11.6. The second kappa shape index (κ2) is 7.76. The Bertz CT molecular complexity index is 820. The molecule has 7 nitrogen and oxygen atoms in total. The number of nitrogens with one attached hydrogen (secondary N) is 1. The third-order valence-corrected chi connectivity index (χ3v) is 3.95. The smallest absolute Gasteiger partial charge is 0.305 e. The topological polar surface area (TPSA) is 110 Å². The molecule has 0 aliphatic carbocycles. The molecule has 0 unspecified atom stereocenters. The van der Waals surface area contributed by atoms with E-state index in [1.807, 2.05) is 0 Å². The first-order chi connectivity index (χ1) is 11.8. The number of hydrogen-bond acceptors (Lipinski definition) is 4. The molecule has 1 amide bonds. The van der Waals surface area contributed by atoms with Crippen LogP contribution in [0.4, 0.5) is 5.69 Å². The van der Waals surface area contributed by atoms with E-state index in [1.165, 1.54) is 25.1 Å². The van der Waals surface area contributed by atoms with E-state index in [9.17, 15) is 19.7 Å². The molecule has 0 spiro atoms. The third kappa shape index (κ3) is 4.54. The Morgan fingerprint density at radius 3 is 2.44 bits per heavy atom. The van der Waals surface area contributed by atoms with Crippen molar-refractivity contribution < 1.29 is 19.6 Å². The van der Waals surface area contributed by atoms with Gasteiger partial charge in [0.2, 0.25) is 0 Å². The van der Waals surface area contributed by atoms with Crippen molar-refractivity contribution in [3.8, 4) is 0 Å². The van der Waals surface area contributed by atoms with Crippen molar-refractivity contribution in [2.24, 2.45) is 0 Å². The fourth-order valence-corrected chi connectivity index (χ4v) is 2.55. The number of nitro benzene ring substituents is 1. The molecule has 1 atom stereocenters. The summed E-state index contributed by atoms with van der Waals surface area (Å²) in [6.07, 6.45) is -0.332. The zero-order chi connectivity index (χ0) is 18.6. The Labute approximate surface area is 148 Å². The predicted molar refractivity (Wildman–Crippen MR) is 91.7 cm³/mol. The molecular weight excluding hydrogens is 348 g/mol. The average Bonchev–Trinajstić information content (AvgIpc) is 2.54. The lowest BCUT2D eigenvalue weighted by atomic mass is 10.0. The maximum Gasteiger partial charge on any atom is 0.305 e. The van der Waals surface area contributed by atoms with Crippen LogP contribution in [0.2, 0.25) is 5.02 Å². The molecule has 0 fully saturated rings. The minimum atomic E-state index is -1.09. The monoisotopic (exact) mass is 362 g/mol. The lowest BCUT2D eigenvalue weighted by Crippen LogP contribution is -2.30. The van der Waals surface area contributed by atoms with Crippen LogP contribution in [0.15, 0.2) is 42.5 Å². The number of halogens is 1. The van der Waals surface area contributed by atoms with Crippen LogP contribution in [0.25, 0.3) is 0 Å². The first kappa shape index (κ1) is 18.4. The zero-order valence-corrected chi connectivity index (χ0v) is 14.0. The second-order valence-corrected chi connectivity index (χ2v) is 5.82. The highest BCUT2D eigenvalue weighted by Crippen LogP contribution is 2.24. The summed E-state index contributed by atoms with van der Waals surface area (Å²) in [4.78, 5) is 34.1. The Hall–Kier alpha value is -2.93. The Morgan fingerprint density at radius 2 is 1.88 bits per heavy atom. The molecular formula is C17H15ClN2O5. The van der Waals surface area contributed by atoms with Crippen molar-refractivity contribution in [3.63, 3.8) is 0 Å². The summed E-state index contributed by atoms with van der Waals surface area (Å²) in [6, 6.07) is 9.81. The standard InChI is InChI=1S/C17H15ClN2O5/c1-10-13(3-2-4-15(10)20(24)25)17(23)19-14(9-16(21)22)11-5-7-12(18)8-6-11/h2-8,14H,9H2,1H3,(H,19,23)(H,21,22)/t14-/m1/s1. The largest absolute Gasteiger partial charge is 0.481 e. The van der Waals surface area contributed by atoms with E-state index in [1.54, 1.807) is 24.3 Å². The van der Waals surface area contributed by atoms with Crippen molar-refractivity contribution in [3.05, 3.63) is 74.3 Å². The maximum atomic E-state index is 12.5. The molecule has 25 heavy (non-hydrogen) atoms. The van der Waals surface area contributed by atoms with Gasteiger partial charge >= 0.3 is 5.97 Å². The molecule has 0 saturated carbocycles. The number of carboxylic acid groups (broad SMARTS) is 1. The van der Waals surface area contributed by atoms with Crippen LogP contribution in [-0.4, -0.2) is 21.9 Å². The van der Waals surface area contributed by atoms with Crippen LogP contribution in [-0.2, 0) is 4.79 Å². The summed E-state index contributed by atoms with van der Waals surface area (Å²) in [7, 11) is 0. The first-order valence-electron chi connectivity index (χ1n) is 7.31. The van der Waals surface area contributed by atoms with E-state index >= 15 is 0 Å². The number of benzene rings is 2. The molecule has 0 bridgehead atoms. The summed E-state index contributed by atoms with van der Waals surface area (Å²) in [6.45, 7) is 1.47. The van der Waals surface area contributed by atoms with Gasteiger partial charge in [-0.1, -0.05) is 29.8 Å². The van der Waals surface area contributed by atoms with Gasteiger partial charge in [-0.05, 0) is 30.7 Å². The Balaban J connectivity index is 2.31. The molecule has 0 heterocycles. The lowest BCUT2D eigenvalue weighted by molar-refractivity contribution is -0.385. The Morgan fingerprint density at radius 1 is 1.24 bits per heavy atom. The van der Waals surface area contributed by atoms with Gasteiger partial charge in [-0.2, -0.15) is 0 Å². The van der Waals surface area contributed by atoms with Crippen LogP contribution in [0, 0.1) is 17.0 Å². The molecule has 0 aliphatic heterocycles. The van der Waals surface area contributed by atoms with Gasteiger partial charge in [-0.25, -0.2) is 0 Å². The third-order valence-electron chi connectivity index (χ3n) is 3.70. The van der Waals surface area contributed by atoms with E-state index in [0.717, 1.165) is 0 Å². The summed E-state index contributed by atoms with van der Waals surface area (Å²) in [5.41, 5.74) is 0.742. The van der Waals surface area contributed by atoms with Crippen molar-refractivity contribution in [1.29, 1.82) is 0 Å². The predicted octanol–water partition coefficient (Wildman–Crippen LogP) is 3.50. The fourth-order valence-electron chi connectivity index (χ4n) is 2.43. The molecule has 2 rings (SSSR count). The number of aliphatic carboxylic acids is 1. The van der Waals surface area contributed by atoms with E-state index in [-0.39, 0.29) is 23.2 Å². The SMILES string of the molecule is Cc1c(C(=O)N[C@H](CC(=O)O)c2ccc(Cl)cc2)cccc1[N+](=O)[O-]. The fraction of sp³-hybridized carbons (Fsp3) is 0.176. The van der Waals surface area contributed by atoms with Gasteiger partial charge in [-0.3, -0.25) is 19.7 Å². The highest BCUT2D eigenvalue weighted by molar-refractivity contribution is 6.30. The molecule has 0 aliphatic rings. The lowest BCUT2D eigenvalue weighted by Gasteiger charge is -2.18. The summed E-state index contributed by atoms with van der Waals surface area (Å²) in [5, 5.41) is 23.2. The zero-order valence-electron chi connectivity index (χ0n) is 13.2. The highest BCUT2D eigenvalue weighted by atomic mass is 35.5. The number of carbonyl (C=O) groups excluding carboxylic acids is 1. The maximum absolute atomic E-state index is 12.5. The number of hydrogen-bond donors (Lipinski definition) is 2. The van der Waals surface area contributed by atoms with Crippen molar-refractivity contribution >= 4 is 29.2 Å². The first-order valence-corrected chi connectivity index (χ1v) is 7.69. The van der Waals surface area contributed by atoms with E-state index in [0.29, 0.717) is 10.6 Å². The van der Waals surface area contributed by atoms with Crippen molar-refractivity contribution in [1.82, 2.24) is 5.32 Å². The number of amides is 1. The van der Waals surface area contributed by atoms with Crippen LogP contribution in [0.3, 0.4) is 0 Å². The van der Waals surface area contributed by atoms with Gasteiger partial charge in [0.25, 0.3) is 11.6 Å². The van der Waals surface area contributed by atoms with E-state index < -0.39 is 22.8 Å². The average molecular weight is 363 g/mol. The van der Waals surface area contributed by atoms with Crippen molar-refractivity contribution in [2.75, 3.05) is 0 Å². The quantitative estimate of drug-likeness (QED) is 0.603. The summed E-state index contributed by atoms with van der Waals surface area (Å²) < 4.78 is 0. The van der Waals surface area contributed by atoms with Crippen LogP contribution in [0.5, 0.6) is 0 Å². The van der Waals surface area contributed by atoms with Crippen molar-refractivity contribution in [2.45, 2.75) is 19.4 Å². The van der Waals surface area contributed by atoms with Crippen LogP contribution in [0.1, 0.15) is 33.9 Å².